The summed E-state index contributed by atoms with van der Waals surface area (Å²) in [6.45, 7) is 0.754. The van der Waals surface area contributed by atoms with Crippen molar-refractivity contribution >= 4 is 5.69 Å². The van der Waals surface area contributed by atoms with Gasteiger partial charge in [0.15, 0.2) is 6.19 Å². The van der Waals surface area contributed by atoms with Gasteiger partial charge < -0.3 is 0 Å². The quantitative estimate of drug-likeness (QED) is 0.553. The Balaban J connectivity index is 2.49. The molecule has 0 saturated carbocycles. The first-order valence-electron chi connectivity index (χ1n) is 3.43. The van der Waals surface area contributed by atoms with Crippen molar-refractivity contribution in [3.05, 3.63) is 29.8 Å². The van der Waals surface area contributed by atoms with Crippen molar-refractivity contribution < 1.29 is 0 Å². The van der Waals surface area contributed by atoms with Crippen LogP contribution < -0.4 is 10.4 Å². The van der Waals surface area contributed by atoms with Gasteiger partial charge in [-0.15, -0.1) is 0 Å². The SMILES string of the molecule is N#CN1NCc2ccccc21. The maximum absolute atomic E-state index is 8.63. The van der Waals surface area contributed by atoms with Gasteiger partial charge in [-0.3, -0.25) is 0 Å². The van der Waals surface area contributed by atoms with Crippen LogP contribution in [-0.4, -0.2) is 0 Å². The summed E-state index contributed by atoms with van der Waals surface area (Å²) in [5.41, 5.74) is 5.09. The molecule has 1 N–H and O–H groups in total. The van der Waals surface area contributed by atoms with Crippen LogP contribution in [0.5, 0.6) is 0 Å². The van der Waals surface area contributed by atoms with Gasteiger partial charge in [0, 0.05) is 6.54 Å². The van der Waals surface area contributed by atoms with Gasteiger partial charge in [0.1, 0.15) is 0 Å². The molecule has 1 aliphatic heterocycles. The number of para-hydroxylation sites is 1. The molecule has 0 unspecified atom stereocenters. The molecular formula is C8H7N3. The van der Waals surface area contributed by atoms with Crippen LogP contribution >= 0.6 is 0 Å². The van der Waals surface area contributed by atoms with Crippen LogP contribution in [-0.2, 0) is 6.54 Å². The molecule has 54 valence electrons. The van der Waals surface area contributed by atoms with Gasteiger partial charge >= 0.3 is 0 Å². The number of rotatable bonds is 0. The summed E-state index contributed by atoms with van der Waals surface area (Å²) in [5.74, 6) is 0. The molecule has 0 bridgehead atoms. The fourth-order valence-corrected chi connectivity index (χ4v) is 1.22. The molecule has 1 aromatic rings. The minimum Gasteiger partial charge on any atom is -0.216 e. The van der Waals surface area contributed by atoms with Crippen molar-refractivity contribution in [3.8, 4) is 6.19 Å². The van der Waals surface area contributed by atoms with Crippen molar-refractivity contribution in [1.29, 1.82) is 5.26 Å². The molecule has 0 atom stereocenters. The highest BCUT2D eigenvalue weighted by Gasteiger charge is 2.16. The number of benzene rings is 1. The number of hydrazine groups is 1. The van der Waals surface area contributed by atoms with Crippen molar-refractivity contribution in [2.24, 2.45) is 0 Å². The monoisotopic (exact) mass is 145 g/mol. The maximum atomic E-state index is 8.63. The second-order valence-corrected chi connectivity index (χ2v) is 2.40. The van der Waals surface area contributed by atoms with Gasteiger partial charge in [0.05, 0.1) is 5.69 Å². The largest absolute Gasteiger partial charge is 0.216 e. The van der Waals surface area contributed by atoms with E-state index in [1.807, 2.05) is 30.5 Å². The van der Waals surface area contributed by atoms with Gasteiger partial charge in [-0.1, -0.05) is 18.2 Å². The van der Waals surface area contributed by atoms with Crippen molar-refractivity contribution in [2.75, 3.05) is 5.01 Å². The van der Waals surface area contributed by atoms with E-state index in [0.717, 1.165) is 12.2 Å². The lowest BCUT2D eigenvalue weighted by Crippen LogP contribution is -2.25. The van der Waals surface area contributed by atoms with Crippen molar-refractivity contribution in [2.45, 2.75) is 6.54 Å². The normalized spacial score (nSPS) is 14.3. The predicted octanol–water partition coefficient (Wildman–Crippen LogP) is 0.992. The average molecular weight is 145 g/mol. The van der Waals surface area contributed by atoms with Gasteiger partial charge in [-0.25, -0.2) is 10.4 Å². The smallest absolute Gasteiger partial charge is 0.200 e. The van der Waals surface area contributed by atoms with Gasteiger partial charge in [0.2, 0.25) is 0 Å². The van der Waals surface area contributed by atoms with E-state index in [9.17, 15) is 0 Å². The second-order valence-electron chi connectivity index (χ2n) is 2.40. The molecule has 0 amide bonds. The van der Waals surface area contributed by atoms with Crippen molar-refractivity contribution in [3.63, 3.8) is 0 Å². The third-order valence-corrected chi connectivity index (χ3v) is 1.76. The molecule has 1 heterocycles. The highest BCUT2D eigenvalue weighted by atomic mass is 15.5. The van der Waals surface area contributed by atoms with E-state index < -0.39 is 0 Å². The predicted molar refractivity (Wildman–Crippen MR) is 41.4 cm³/mol. The number of nitrogens with one attached hydrogen (secondary N) is 1. The third kappa shape index (κ3) is 0.846. The average Bonchev–Trinajstić information content (AvgIpc) is 2.47. The fraction of sp³-hybridized carbons (Fsp3) is 0.125. The number of hydrogen-bond donors (Lipinski definition) is 1. The van der Waals surface area contributed by atoms with E-state index in [1.54, 1.807) is 0 Å². The highest BCUT2D eigenvalue weighted by Crippen LogP contribution is 2.22. The minimum atomic E-state index is 0.754. The molecule has 0 aliphatic carbocycles. The molecule has 0 saturated heterocycles. The van der Waals surface area contributed by atoms with Gasteiger partial charge in [-0.2, -0.15) is 5.26 Å². The summed E-state index contributed by atoms with van der Waals surface area (Å²) >= 11 is 0. The zero-order valence-electron chi connectivity index (χ0n) is 5.91. The Morgan fingerprint density at radius 1 is 1.45 bits per heavy atom. The lowest BCUT2D eigenvalue weighted by molar-refractivity contribution is 0.767. The Labute approximate surface area is 64.8 Å². The summed E-state index contributed by atoms with van der Waals surface area (Å²) in [6, 6.07) is 7.84. The van der Waals surface area contributed by atoms with E-state index in [1.165, 1.54) is 10.6 Å². The number of nitriles is 1. The topological polar surface area (TPSA) is 39.1 Å². The van der Waals surface area contributed by atoms with Crippen LogP contribution in [0.1, 0.15) is 5.56 Å². The van der Waals surface area contributed by atoms with E-state index in [-0.39, 0.29) is 0 Å². The molecule has 11 heavy (non-hydrogen) atoms. The lowest BCUT2D eigenvalue weighted by atomic mass is 10.2. The number of anilines is 1. The number of nitrogens with zero attached hydrogens (tertiary/aromatic N) is 2. The standard InChI is InChI=1S/C8H7N3/c9-6-11-8-4-2-1-3-7(8)5-10-11/h1-4,10H,5H2. The van der Waals surface area contributed by atoms with Gasteiger partial charge in [0.25, 0.3) is 0 Å². The zero-order chi connectivity index (χ0) is 7.68. The molecule has 1 aromatic carbocycles. The Morgan fingerprint density at radius 3 is 3.09 bits per heavy atom. The molecule has 0 aromatic heterocycles. The summed E-state index contributed by atoms with van der Waals surface area (Å²) in [4.78, 5) is 0. The third-order valence-electron chi connectivity index (χ3n) is 1.76. The van der Waals surface area contributed by atoms with E-state index >= 15 is 0 Å². The molecule has 3 nitrogen and oxygen atoms in total. The van der Waals surface area contributed by atoms with Crippen LogP contribution in [0.15, 0.2) is 24.3 Å². The second kappa shape index (κ2) is 2.26. The Kier molecular flexibility index (Phi) is 1.27. The molecule has 3 heteroatoms. The van der Waals surface area contributed by atoms with Crippen LogP contribution in [0.2, 0.25) is 0 Å². The number of fused-ring (bicyclic) bond motifs is 1. The first-order chi connectivity index (χ1) is 5.42. The molecule has 1 aliphatic rings. The van der Waals surface area contributed by atoms with E-state index in [4.69, 9.17) is 5.26 Å². The molecule has 0 radical (unpaired) electrons. The summed E-state index contributed by atoms with van der Waals surface area (Å²) < 4.78 is 0. The van der Waals surface area contributed by atoms with Gasteiger partial charge in [-0.05, 0) is 11.6 Å². The van der Waals surface area contributed by atoms with E-state index in [0.29, 0.717) is 0 Å². The highest BCUT2D eigenvalue weighted by molar-refractivity contribution is 5.58. The van der Waals surface area contributed by atoms with Crippen molar-refractivity contribution in [1.82, 2.24) is 5.43 Å². The van der Waals surface area contributed by atoms with Crippen LogP contribution in [0.4, 0.5) is 5.69 Å². The summed E-state index contributed by atoms with van der Waals surface area (Å²) in [5, 5.41) is 10.1. The van der Waals surface area contributed by atoms with Crippen LogP contribution in [0, 0.1) is 11.5 Å². The fourth-order valence-electron chi connectivity index (χ4n) is 1.22. The minimum absolute atomic E-state index is 0.754. The Morgan fingerprint density at radius 2 is 2.27 bits per heavy atom. The Hall–Kier alpha value is -1.53. The first-order valence-corrected chi connectivity index (χ1v) is 3.43. The Bertz CT molecular complexity index is 313. The van der Waals surface area contributed by atoms with E-state index in [2.05, 4.69) is 5.43 Å². The zero-order valence-corrected chi connectivity index (χ0v) is 5.91. The maximum Gasteiger partial charge on any atom is 0.200 e. The molecular weight excluding hydrogens is 138 g/mol. The number of hydrogen-bond acceptors (Lipinski definition) is 3. The summed E-state index contributed by atoms with van der Waals surface area (Å²) in [7, 11) is 0. The molecule has 2 rings (SSSR count). The molecule has 0 spiro atoms. The lowest BCUT2D eigenvalue weighted by Gasteiger charge is -2.05. The first kappa shape index (κ1) is 6.20. The van der Waals surface area contributed by atoms with Crippen LogP contribution in [0.25, 0.3) is 0 Å². The summed E-state index contributed by atoms with van der Waals surface area (Å²) in [6.07, 6.45) is 2.04. The molecule has 0 fully saturated rings. The van der Waals surface area contributed by atoms with Crippen LogP contribution in [0.3, 0.4) is 0 Å².